The van der Waals surface area contributed by atoms with E-state index >= 15 is 0 Å². The summed E-state index contributed by atoms with van der Waals surface area (Å²) in [5.74, 6) is -14.1. The first-order valence-electron chi connectivity index (χ1n) is 44.0. The maximum absolute atomic E-state index is 14.1. The molecule has 2 unspecified atom stereocenters. The van der Waals surface area contributed by atoms with Crippen molar-refractivity contribution in [3.05, 3.63) is 0 Å². The molecule has 0 N–H and O–H groups in total. The van der Waals surface area contributed by atoms with Crippen molar-refractivity contribution >= 4 is 89.5 Å². The third-order valence-electron chi connectivity index (χ3n) is 26.6. The standard InChI is InChI=1S/C87H124O42/c1-36-23-28-87(107-31-36)37(2)64-59(129-87)30-58-56-22-21-54-29-55(24-26-85(54,19)57(56)25-27-86(58,64)20)120-81-76(117-51(16)100)72(114-48(13)97)69(62(121-81)34-105-41(6)90)126-84-79(74(67(111-45(10)94)61(123-84)33-104-40(5)89)127-82-77(118-52(17)101)71(113-47(12)96)66(110-44(9)93)60(122-82)32-103-39(4)88)128-83-78(119-53(18)102)73(115-49(14)98)68(63(124-83)35-106-42(7)91)125-80-75(116-50(15)99)70(112-46(11)95)65(38(3)108-80)109-43(8)92/h36-38,54-84H,21-35H2,1-20H3/t36-,37+,38+,54+,55+,56-,57+,58+,59?,60-,61-,62-,63-,64?,65+,66-,67-,68-,69+,70-,71+,72+,73+,74+,75-,76-,77-,78-,79-,80+,81-,82+,83+,84+,85+,86+,87-/m1/s1. The van der Waals surface area contributed by atoms with Crippen molar-refractivity contribution in [2.24, 2.45) is 52.3 Å². The summed E-state index contributed by atoms with van der Waals surface area (Å²) < 4.78 is 169. The zero-order valence-electron chi connectivity index (χ0n) is 76.4. The minimum absolute atomic E-state index is 0.0384. The molecule has 4 aliphatic carbocycles. The molecule has 37 atom stereocenters. The van der Waals surface area contributed by atoms with Gasteiger partial charge in [0.1, 0.15) is 75.3 Å². The van der Waals surface area contributed by atoms with Crippen molar-refractivity contribution in [2.75, 3.05) is 33.0 Å². The molecule has 4 saturated carbocycles. The van der Waals surface area contributed by atoms with Gasteiger partial charge >= 0.3 is 89.5 Å². The van der Waals surface area contributed by atoms with E-state index < -0.39 is 281 Å². The molecule has 0 aromatic carbocycles. The highest BCUT2D eigenvalue weighted by Crippen LogP contribution is 2.72. The molecule has 0 radical (unpaired) electrons. The van der Waals surface area contributed by atoms with Gasteiger partial charge in [-0.05, 0) is 111 Å². The molecule has 129 heavy (non-hydrogen) atoms. The van der Waals surface area contributed by atoms with Gasteiger partial charge < -0.3 is 128 Å². The van der Waals surface area contributed by atoms with E-state index in [1.165, 1.54) is 6.92 Å². The lowest BCUT2D eigenvalue weighted by Gasteiger charge is -2.61. The van der Waals surface area contributed by atoms with Crippen LogP contribution < -0.4 is 0 Å². The van der Waals surface area contributed by atoms with Gasteiger partial charge in [0, 0.05) is 116 Å². The molecule has 724 valence electrons. The summed E-state index contributed by atoms with van der Waals surface area (Å²) in [5.41, 5.74) is -0.112. The lowest BCUT2D eigenvalue weighted by atomic mass is 9.44. The average Bonchev–Trinajstić information content (AvgIpc) is 1.55. The number of carbonyl (C=O) groups excluding carboxylic acids is 15. The van der Waals surface area contributed by atoms with Crippen molar-refractivity contribution in [2.45, 2.75) is 374 Å². The van der Waals surface area contributed by atoms with Crippen LogP contribution in [0, 0.1) is 52.3 Å². The fourth-order valence-electron chi connectivity index (χ4n) is 21.8. The van der Waals surface area contributed by atoms with Crippen LogP contribution in [0.5, 0.6) is 0 Å². The zero-order chi connectivity index (χ0) is 94.5. The molecule has 0 aromatic heterocycles. The Kier molecular flexibility index (Phi) is 33.4. The summed E-state index contributed by atoms with van der Waals surface area (Å²) in [6.45, 7) is 22.2. The van der Waals surface area contributed by atoms with Crippen LogP contribution in [0.4, 0.5) is 0 Å². The normalized spacial score (nSPS) is 40.8. The van der Waals surface area contributed by atoms with Crippen molar-refractivity contribution < 1.29 is 200 Å². The number of fused-ring (bicyclic) bond motifs is 7. The topological polar surface area (TPSA) is 505 Å². The van der Waals surface area contributed by atoms with Crippen LogP contribution in [-0.4, -0.2) is 294 Å². The predicted molar refractivity (Wildman–Crippen MR) is 423 cm³/mol. The maximum atomic E-state index is 14.1. The summed E-state index contributed by atoms with van der Waals surface area (Å²) in [5, 5.41) is 0. The number of carbonyl (C=O) groups is 15. The Morgan fingerprint density at radius 3 is 1.04 bits per heavy atom. The molecule has 7 aliphatic heterocycles. The highest BCUT2D eigenvalue weighted by Gasteiger charge is 2.71. The van der Waals surface area contributed by atoms with E-state index in [1.54, 1.807) is 0 Å². The smallest absolute Gasteiger partial charge is 0.303 e. The van der Waals surface area contributed by atoms with Crippen LogP contribution in [0.3, 0.4) is 0 Å². The van der Waals surface area contributed by atoms with Gasteiger partial charge in [-0.3, -0.25) is 71.9 Å². The van der Waals surface area contributed by atoms with Crippen LogP contribution in [0.1, 0.15) is 203 Å². The molecule has 11 rings (SSSR count). The first-order valence-corrected chi connectivity index (χ1v) is 44.0. The Balaban J connectivity index is 1.03. The van der Waals surface area contributed by atoms with Crippen LogP contribution in [0.15, 0.2) is 0 Å². The summed E-state index contributed by atoms with van der Waals surface area (Å²) in [4.78, 5) is 202. The van der Waals surface area contributed by atoms with Gasteiger partial charge in [0.05, 0.1) is 24.9 Å². The van der Waals surface area contributed by atoms with Crippen LogP contribution in [0.2, 0.25) is 0 Å². The number of hydrogen-bond donors (Lipinski definition) is 0. The van der Waals surface area contributed by atoms with E-state index in [9.17, 15) is 71.9 Å². The quantitative estimate of drug-likeness (QED) is 0.0565. The maximum Gasteiger partial charge on any atom is 0.303 e. The summed E-state index contributed by atoms with van der Waals surface area (Å²) in [7, 11) is 0. The SMILES string of the molecule is CC(=O)OC[C@H]1O[C@@H](O[C@H]2CC[C@@]3(C)[C@@H](CC[C@@H]4[C@@H]3CC[C@]3(C)C5C(C[C@@H]43)O[C@]3(CC[C@@H](C)CO3)[C@H]5C)C2)[C@H](OC(C)=O)[C@@H](OC(C)=O)[C@H]1O[C@@H]1O[C@H](COC(C)=O)[C@@H](OC(C)=O)[C@H](O[C@@H]2O[C@H](COC(C)=O)[C@@H](OC(C)=O)[C@H](OC(C)=O)[C@H]2OC(C)=O)[C@H]1O[C@@H]1O[C@H](COC(C)=O)[C@@H](O[C@@H]2O[C@@H](C)[C@H](OC(C)=O)[C@@H](OC(C)=O)[C@H]2OC(C)=O)[C@H](OC(C)=O)[C@H]1OC(C)=O. The molecule has 42 heteroatoms. The molecule has 42 nitrogen and oxygen atoms in total. The average molecular weight is 1840 g/mol. The van der Waals surface area contributed by atoms with E-state index in [0.717, 1.165) is 149 Å². The molecule has 7 heterocycles. The molecule has 0 amide bonds. The second-order valence-electron chi connectivity index (χ2n) is 36.0. The number of hydrogen-bond acceptors (Lipinski definition) is 42. The number of esters is 15. The second kappa shape index (κ2) is 42.6. The lowest BCUT2D eigenvalue weighted by molar-refractivity contribution is -0.410. The van der Waals surface area contributed by atoms with Gasteiger partial charge in [0.15, 0.2) is 104 Å². The molecule has 7 saturated heterocycles. The number of ether oxygens (including phenoxy) is 27. The molecular weight excluding hydrogens is 1720 g/mol. The third-order valence-corrected chi connectivity index (χ3v) is 26.6. The largest absolute Gasteiger partial charge is 0.463 e. The van der Waals surface area contributed by atoms with Crippen molar-refractivity contribution in [1.29, 1.82) is 0 Å². The first kappa shape index (κ1) is 101. The van der Waals surface area contributed by atoms with E-state index in [0.29, 0.717) is 55.5 Å². The van der Waals surface area contributed by atoms with E-state index in [-0.39, 0.29) is 28.8 Å². The molecule has 11 aliphatic rings. The van der Waals surface area contributed by atoms with Crippen LogP contribution in [0.25, 0.3) is 0 Å². The van der Waals surface area contributed by atoms with E-state index in [1.807, 2.05) is 0 Å². The highest BCUT2D eigenvalue weighted by molar-refractivity contribution is 5.72. The Labute approximate surface area is 746 Å². The fourth-order valence-corrected chi connectivity index (χ4v) is 21.8. The molecule has 0 bridgehead atoms. The van der Waals surface area contributed by atoms with E-state index in [4.69, 9.17) is 128 Å². The fraction of sp³-hybridized carbons (Fsp3) is 0.828. The molecule has 0 aromatic rings. The first-order chi connectivity index (χ1) is 60.7. The van der Waals surface area contributed by atoms with Crippen molar-refractivity contribution in [3.63, 3.8) is 0 Å². The van der Waals surface area contributed by atoms with Gasteiger partial charge in [-0.2, -0.15) is 0 Å². The number of rotatable bonds is 29. The monoisotopic (exact) mass is 1840 g/mol. The minimum Gasteiger partial charge on any atom is -0.463 e. The molecular formula is C87H124O42. The third kappa shape index (κ3) is 23.8. The predicted octanol–water partition coefficient (Wildman–Crippen LogP) is 4.50. The van der Waals surface area contributed by atoms with Gasteiger partial charge in [-0.25, -0.2) is 0 Å². The van der Waals surface area contributed by atoms with Gasteiger partial charge in [0.25, 0.3) is 0 Å². The molecule has 1 spiro atoms. The van der Waals surface area contributed by atoms with Crippen LogP contribution in [-0.2, 0) is 200 Å². The minimum atomic E-state index is -2.48. The lowest BCUT2D eigenvalue weighted by Crippen LogP contribution is -2.70. The van der Waals surface area contributed by atoms with Gasteiger partial charge in [-0.15, -0.1) is 0 Å². The molecule has 11 fully saturated rings. The summed E-state index contributed by atoms with van der Waals surface area (Å²) in [6.07, 6.45) is -42.9. The highest BCUT2D eigenvalue weighted by atomic mass is 16.8. The van der Waals surface area contributed by atoms with Crippen LogP contribution >= 0.6 is 0 Å². The van der Waals surface area contributed by atoms with Crippen molar-refractivity contribution in [3.8, 4) is 0 Å². The summed E-state index contributed by atoms with van der Waals surface area (Å²) >= 11 is 0. The zero-order valence-corrected chi connectivity index (χ0v) is 76.4. The second-order valence-corrected chi connectivity index (χ2v) is 36.0. The Morgan fingerprint density at radius 2 is 0.636 bits per heavy atom. The summed E-state index contributed by atoms with van der Waals surface area (Å²) in [6, 6.07) is 0. The Bertz CT molecular complexity index is 4070. The van der Waals surface area contributed by atoms with Crippen molar-refractivity contribution in [1.82, 2.24) is 0 Å². The Morgan fingerprint density at radius 1 is 0.302 bits per heavy atom. The van der Waals surface area contributed by atoms with Gasteiger partial charge in [-0.1, -0.05) is 27.7 Å². The van der Waals surface area contributed by atoms with Gasteiger partial charge in [0.2, 0.25) is 0 Å². The van der Waals surface area contributed by atoms with E-state index in [2.05, 4.69) is 27.7 Å². The Hall–Kier alpha value is -8.43.